The molecule has 4 heteroatoms. The number of carbonyl (C=O) groups excluding carboxylic acids is 1. The predicted molar refractivity (Wildman–Crippen MR) is 30.5 cm³/mol. The van der Waals surface area contributed by atoms with Crippen LogP contribution in [0.15, 0.2) is 0 Å². The van der Waals surface area contributed by atoms with E-state index in [0.29, 0.717) is 0 Å². The second-order valence-corrected chi connectivity index (χ2v) is 1.63. The Labute approximate surface area is 52.7 Å². The SMILES string of the molecule is N[C@@H](CC[C]=O)C(=O)O. The molecule has 0 saturated heterocycles. The summed E-state index contributed by atoms with van der Waals surface area (Å²) in [6.45, 7) is 0. The van der Waals surface area contributed by atoms with E-state index in [-0.39, 0.29) is 12.8 Å². The largest absolute Gasteiger partial charge is 0.480 e. The number of carbonyl (C=O) groups is 1. The summed E-state index contributed by atoms with van der Waals surface area (Å²) in [5.74, 6) is -1.08. The fraction of sp³-hybridized carbons (Fsp3) is 0.600. The van der Waals surface area contributed by atoms with Crippen molar-refractivity contribution in [3.8, 4) is 0 Å². The van der Waals surface area contributed by atoms with Gasteiger partial charge < -0.3 is 10.8 Å². The first-order valence-electron chi connectivity index (χ1n) is 2.52. The number of hydrogen-bond acceptors (Lipinski definition) is 3. The molecule has 9 heavy (non-hydrogen) atoms. The van der Waals surface area contributed by atoms with E-state index in [4.69, 9.17) is 10.8 Å². The van der Waals surface area contributed by atoms with Gasteiger partial charge in [0.05, 0.1) is 0 Å². The zero-order valence-electron chi connectivity index (χ0n) is 4.83. The minimum Gasteiger partial charge on any atom is -0.480 e. The Morgan fingerprint density at radius 3 is 2.67 bits per heavy atom. The monoisotopic (exact) mass is 130 g/mol. The van der Waals surface area contributed by atoms with Crippen LogP contribution in [0.1, 0.15) is 12.8 Å². The molecule has 51 valence electrons. The third-order valence-corrected chi connectivity index (χ3v) is 0.875. The minimum absolute atomic E-state index is 0.0907. The molecule has 4 nitrogen and oxygen atoms in total. The Morgan fingerprint density at radius 2 is 2.33 bits per heavy atom. The highest BCUT2D eigenvalue weighted by Gasteiger charge is 2.09. The maximum atomic E-state index is 9.95. The van der Waals surface area contributed by atoms with Crippen molar-refractivity contribution in [3.05, 3.63) is 0 Å². The van der Waals surface area contributed by atoms with Crippen molar-refractivity contribution in [1.82, 2.24) is 0 Å². The fourth-order valence-electron chi connectivity index (χ4n) is 0.338. The molecule has 0 aromatic heterocycles. The van der Waals surface area contributed by atoms with Crippen molar-refractivity contribution in [3.63, 3.8) is 0 Å². The average Bonchev–Trinajstić information content (AvgIpc) is 1.82. The van der Waals surface area contributed by atoms with E-state index < -0.39 is 12.0 Å². The molecule has 0 unspecified atom stereocenters. The van der Waals surface area contributed by atoms with Crippen LogP contribution in [-0.4, -0.2) is 23.4 Å². The van der Waals surface area contributed by atoms with Gasteiger partial charge >= 0.3 is 5.97 Å². The average molecular weight is 130 g/mol. The molecule has 0 bridgehead atoms. The first kappa shape index (κ1) is 8.10. The summed E-state index contributed by atoms with van der Waals surface area (Å²) >= 11 is 0. The Morgan fingerprint density at radius 1 is 1.78 bits per heavy atom. The van der Waals surface area contributed by atoms with Gasteiger partial charge in [0.2, 0.25) is 0 Å². The summed E-state index contributed by atoms with van der Waals surface area (Å²) in [4.78, 5) is 19.5. The van der Waals surface area contributed by atoms with Gasteiger partial charge in [-0.05, 0) is 6.42 Å². The zero-order valence-corrected chi connectivity index (χ0v) is 4.83. The van der Waals surface area contributed by atoms with E-state index in [1.54, 1.807) is 6.29 Å². The van der Waals surface area contributed by atoms with E-state index >= 15 is 0 Å². The molecule has 0 aliphatic rings. The number of hydrogen-bond donors (Lipinski definition) is 2. The lowest BCUT2D eigenvalue weighted by atomic mass is 10.2. The second-order valence-electron chi connectivity index (χ2n) is 1.63. The number of rotatable bonds is 4. The molecule has 0 fully saturated rings. The standard InChI is InChI=1S/C5H8NO3/c6-4(5(8)9)2-1-3-7/h4H,1-2,6H2,(H,8,9)/t4-/m0/s1. The van der Waals surface area contributed by atoms with Gasteiger partial charge in [-0.3, -0.25) is 9.59 Å². The van der Waals surface area contributed by atoms with E-state index in [0.717, 1.165) is 0 Å². The van der Waals surface area contributed by atoms with E-state index in [1.807, 2.05) is 0 Å². The summed E-state index contributed by atoms with van der Waals surface area (Å²) in [5, 5.41) is 8.15. The Hall–Kier alpha value is -0.900. The van der Waals surface area contributed by atoms with Crippen LogP contribution in [0, 0.1) is 0 Å². The highest BCUT2D eigenvalue weighted by atomic mass is 16.4. The molecule has 0 aliphatic carbocycles. The highest BCUT2D eigenvalue weighted by Crippen LogP contribution is 1.90. The Kier molecular flexibility index (Phi) is 3.62. The van der Waals surface area contributed by atoms with Crippen LogP contribution in [0.2, 0.25) is 0 Å². The molecule has 0 aliphatic heterocycles. The van der Waals surface area contributed by atoms with Gasteiger partial charge in [-0.25, -0.2) is 0 Å². The zero-order chi connectivity index (χ0) is 7.28. The first-order chi connectivity index (χ1) is 4.18. The van der Waals surface area contributed by atoms with Crippen LogP contribution in [0.5, 0.6) is 0 Å². The van der Waals surface area contributed by atoms with E-state index in [1.165, 1.54) is 0 Å². The molecule has 0 aromatic carbocycles. The highest BCUT2D eigenvalue weighted by molar-refractivity contribution is 5.73. The normalized spacial score (nSPS) is 12.6. The number of aliphatic carboxylic acids is 1. The maximum Gasteiger partial charge on any atom is 0.320 e. The van der Waals surface area contributed by atoms with Gasteiger partial charge in [0.15, 0.2) is 6.29 Å². The Bertz CT molecular complexity index is 113. The summed E-state index contributed by atoms with van der Waals surface area (Å²) in [5.41, 5.74) is 5.02. The van der Waals surface area contributed by atoms with Crippen molar-refractivity contribution in [1.29, 1.82) is 0 Å². The van der Waals surface area contributed by atoms with Crippen molar-refractivity contribution in [2.45, 2.75) is 18.9 Å². The maximum absolute atomic E-state index is 9.95. The van der Waals surface area contributed by atoms with Gasteiger partial charge in [0.25, 0.3) is 0 Å². The predicted octanol–water partition coefficient (Wildman–Crippen LogP) is -0.712. The van der Waals surface area contributed by atoms with Crippen LogP contribution < -0.4 is 5.73 Å². The molecule has 3 N–H and O–H groups in total. The van der Waals surface area contributed by atoms with Gasteiger partial charge in [-0.2, -0.15) is 0 Å². The number of carboxylic acid groups (broad SMARTS) is 1. The lowest BCUT2D eigenvalue weighted by Gasteiger charge is -1.99. The van der Waals surface area contributed by atoms with E-state index in [9.17, 15) is 9.59 Å². The van der Waals surface area contributed by atoms with Crippen molar-refractivity contribution in [2.24, 2.45) is 5.73 Å². The lowest BCUT2D eigenvalue weighted by molar-refractivity contribution is -0.138. The molecular formula is C5H8NO3. The molecule has 1 atom stereocenters. The molecule has 0 aromatic rings. The van der Waals surface area contributed by atoms with Crippen LogP contribution in [0.25, 0.3) is 0 Å². The van der Waals surface area contributed by atoms with Gasteiger partial charge in [0.1, 0.15) is 6.04 Å². The summed E-state index contributed by atoms with van der Waals surface area (Å²) in [6.07, 6.45) is 1.82. The quantitative estimate of drug-likeness (QED) is 0.526. The molecule has 0 amide bonds. The minimum atomic E-state index is -1.08. The summed E-state index contributed by atoms with van der Waals surface area (Å²) in [7, 11) is 0. The molecule has 1 radical (unpaired) electrons. The number of nitrogens with two attached hydrogens (primary N) is 1. The van der Waals surface area contributed by atoms with Gasteiger partial charge in [-0.1, -0.05) is 0 Å². The van der Waals surface area contributed by atoms with Crippen molar-refractivity contribution in [2.75, 3.05) is 0 Å². The van der Waals surface area contributed by atoms with Crippen molar-refractivity contribution >= 4 is 12.3 Å². The topological polar surface area (TPSA) is 80.4 Å². The van der Waals surface area contributed by atoms with Crippen LogP contribution >= 0.6 is 0 Å². The second kappa shape index (κ2) is 4.03. The Balaban J connectivity index is 3.37. The van der Waals surface area contributed by atoms with Crippen molar-refractivity contribution < 1.29 is 14.7 Å². The number of carboxylic acids is 1. The third kappa shape index (κ3) is 3.66. The molecule has 0 rings (SSSR count). The van der Waals surface area contributed by atoms with Gasteiger partial charge in [0, 0.05) is 6.42 Å². The summed E-state index contributed by atoms with van der Waals surface area (Å²) < 4.78 is 0. The molecule has 0 spiro atoms. The van der Waals surface area contributed by atoms with E-state index in [2.05, 4.69) is 0 Å². The van der Waals surface area contributed by atoms with Crippen LogP contribution in [0.4, 0.5) is 0 Å². The summed E-state index contributed by atoms with van der Waals surface area (Å²) in [6, 6.07) is -0.925. The van der Waals surface area contributed by atoms with Crippen LogP contribution in [-0.2, 0) is 9.59 Å². The third-order valence-electron chi connectivity index (χ3n) is 0.875. The first-order valence-corrected chi connectivity index (χ1v) is 2.52. The molecule has 0 heterocycles. The van der Waals surface area contributed by atoms with Crippen LogP contribution in [0.3, 0.4) is 0 Å². The molecular weight excluding hydrogens is 122 g/mol. The molecule has 0 saturated carbocycles. The van der Waals surface area contributed by atoms with Gasteiger partial charge in [-0.15, -0.1) is 0 Å². The lowest BCUT2D eigenvalue weighted by Crippen LogP contribution is -2.29. The fourth-order valence-corrected chi connectivity index (χ4v) is 0.338. The smallest absolute Gasteiger partial charge is 0.320 e.